The highest BCUT2D eigenvalue weighted by Crippen LogP contribution is 2.24. The molecule has 2 saturated heterocycles. The van der Waals surface area contributed by atoms with Gasteiger partial charge in [-0.15, -0.1) is 0 Å². The van der Waals surface area contributed by atoms with E-state index < -0.39 is 16.1 Å². The number of carbonyl (C=O) groups excluding carboxylic acids is 2. The molecule has 2 heterocycles. The molecule has 7 nitrogen and oxygen atoms in total. The van der Waals surface area contributed by atoms with Gasteiger partial charge < -0.3 is 9.80 Å². The maximum atomic E-state index is 13.0. The van der Waals surface area contributed by atoms with Crippen LogP contribution in [0.15, 0.2) is 24.3 Å². The molecule has 2 aliphatic heterocycles. The third-order valence-electron chi connectivity index (χ3n) is 5.52. The molecule has 1 aromatic rings. The number of nitrogens with zero attached hydrogens (tertiary/aromatic N) is 3. The highest BCUT2D eigenvalue weighted by molar-refractivity contribution is 7.89. The van der Waals surface area contributed by atoms with Gasteiger partial charge in [0, 0.05) is 32.7 Å². The van der Waals surface area contributed by atoms with Crippen molar-refractivity contribution >= 4 is 21.8 Å². The first-order valence-corrected chi connectivity index (χ1v) is 11.7. The first-order valence-electron chi connectivity index (χ1n) is 10.1. The number of rotatable bonds is 6. The molecule has 0 saturated carbocycles. The van der Waals surface area contributed by atoms with E-state index >= 15 is 0 Å². The van der Waals surface area contributed by atoms with Gasteiger partial charge in [-0.05, 0) is 37.0 Å². The summed E-state index contributed by atoms with van der Waals surface area (Å²) in [7, 11) is -3.41. The minimum Gasteiger partial charge on any atom is -0.339 e. The molecule has 2 aliphatic rings. The quantitative estimate of drug-likeness (QED) is 0.687. The van der Waals surface area contributed by atoms with Gasteiger partial charge in [-0.3, -0.25) is 9.59 Å². The Bertz CT molecular complexity index is 836. The minimum absolute atomic E-state index is 0.0580. The van der Waals surface area contributed by atoms with Crippen molar-refractivity contribution in [3.8, 4) is 0 Å². The highest BCUT2D eigenvalue weighted by atomic mass is 32.2. The van der Waals surface area contributed by atoms with Crippen molar-refractivity contribution in [3.63, 3.8) is 0 Å². The number of hydrogen-bond acceptors (Lipinski definition) is 4. The lowest BCUT2D eigenvalue weighted by atomic mass is 10.1. The van der Waals surface area contributed by atoms with Crippen LogP contribution in [0.1, 0.15) is 31.7 Å². The Balaban J connectivity index is 1.55. The smallest absolute Gasteiger partial charge is 0.241 e. The molecule has 3 rings (SSSR count). The largest absolute Gasteiger partial charge is 0.339 e. The van der Waals surface area contributed by atoms with E-state index in [0.29, 0.717) is 52.0 Å². The van der Waals surface area contributed by atoms with Crippen LogP contribution in [-0.2, 0) is 26.0 Å². The standard InChI is InChI=1S/C20H28FN3O4S/c1-2-14-29(27,28)24-9-3-4-18(24)20(26)23-12-10-22(11-13-23)19(25)15-16-5-7-17(21)8-6-16/h5-8,18H,2-4,9-15H2,1H3. The molecule has 29 heavy (non-hydrogen) atoms. The van der Waals surface area contributed by atoms with Crippen LogP contribution in [0.2, 0.25) is 0 Å². The van der Waals surface area contributed by atoms with Gasteiger partial charge in [0.1, 0.15) is 11.9 Å². The van der Waals surface area contributed by atoms with Crippen LogP contribution in [0.3, 0.4) is 0 Å². The average Bonchev–Trinajstić information content (AvgIpc) is 3.20. The predicted octanol–water partition coefficient (Wildman–Crippen LogP) is 1.24. The molecule has 0 aromatic heterocycles. The first kappa shape index (κ1) is 21.7. The Morgan fingerprint density at radius 3 is 2.28 bits per heavy atom. The maximum Gasteiger partial charge on any atom is 0.241 e. The zero-order chi connectivity index (χ0) is 21.0. The zero-order valence-electron chi connectivity index (χ0n) is 16.7. The highest BCUT2D eigenvalue weighted by Gasteiger charge is 2.40. The molecule has 1 atom stereocenters. The fourth-order valence-corrected chi connectivity index (χ4v) is 5.71. The Morgan fingerprint density at radius 1 is 1.03 bits per heavy atom. The summed E-state index contributed by atoms with van der Waals surface area (Å²) in [5.74, 6) is -0.498. The van der Waals surface area contributed by atoms with Crippen molar-refractivity contribution in [2.45, 2.75) is 38.6 Å². The van der Waals surface area contributed by atoms with Crippen LogP contribution < -0.4 is 0 Å². The third kappa shape index (κ3) is 5.14. The molecule has 0 spiro atoms. The summed E-state index contributed by atoms with van der Waals surface area (Å²) in [6.07, 6.45) is 1.95. The van der Waals surface area contributed by atoms with Crippen molar-refractivity contribution in [2.24, 2.45) is 0 Å². The summed E-state index contributed by atoms with van der Waals surface area (Å²) >= 11 is 0. The first-order chi connectivity index (χ1) is 13.8. The second kappa shape index (κ2) is 9.21. The van der Waals surface area contributed by atoms with E-state index in [0.717, 1.165) is 5.56 Å². The number of carbonyl (C=O) groups is 2. The number of halogens is 1. The summed E-state index contributed by atoms with van der Waals surface area (Å²) in [5.41, 5.74) is 0.748. The van der Waals surface area contributed by atoms with Crippen LogP contribution in [0.4, 0.5) is 4.39 Å². The summed E-state index contributed by atoms with van der Waals surface area (Å²) < 4.78 is 39.3. The molecular weight excluding hydrogens is 397 g/mol. The van der Waals surface area contributed by atoms with E-state index in [2.05, 4.69) is 0 Å². The number of hydrogen-bond donors (Lipinski definition) is 0. The van der Waals surface area contributed by atoms with Crippen molar-refractivity contribution in [2.75, 3.05) is 38.5 Å². The van der Waals surface area contributed by atoms with E-state index in [-0.39, 0.29) is 29.8 Å². The van der Waals surface area contributed by atoms with Crippen LogP contribution in [0, 0.1) is 5.82 Å². The van der Waals surface area contributed by atoms with Gasteiger partial charge in [0.25, 0.3) is 0 Å². The third-order valence-corrected chi connectivity index (χ3v) is 7.60. The van der Waals surface area contributed by atoms with Gasteiger partial charge in [0.2, 0.25) is 21.8 Å². The van der Waals surface area contributed by atoms with Crippen molar-refractivity contribution < 1.29 is 22.4 Å². The van der Waals surface area contributed by atoms with E-state index in [1.807, 2.05) is 6.92 Å². The fourth-order valence-electron chi connectivity index (χ4n) is 3.97. The summed E-state index contributed by atoms with van der Waals surface area (Å²) in [5, 5.41) is 0. The predicted molar refractivity (Wildman–Crippen MR) is 107 cm³/mol. The van der Waals surface area contributed by atoms with E-state index in [1.54, 1.807) is 21.9 Å². The van der Waals surface area contributed by atoms with Gasteiger partial charge in [0.05, 0.1) is 12.2 Å². The Labute approximate surface area is 171 Å². The molecule has 0 radical (unpaired) electrons. The second-order valence-corrected chi connectivity index (χ2v) is 9.64. The average molecular weight is 426 g/mol. The molecule has 2 fully saturated rings. The summed E-state index contributed by atoms with van der Waals surface area (Å²) in [6.45, 7) is 3.83. The van der Waals surface area contributed by atoms with Gasteiger partial charge >= 0.3 is 0 Å². The number of sulfonamides is 1. The normalized spacial score (nSPS) is 20.8. The van der Waals surface area contributed by atoms with Crippen molar-refractivity contribution in [1.29, 1.82) is 0 Å². The molecule has 9 heteroatoms. The van der Waals surface area contributed by atoms with E-state index in [4.69, 9.17) is 0 Å². The SMILES string of the molecule is CCCS(=O)(=O)N1CCCC1C(=O)N1CCN(C(=O)Cc2ccc(F)cc2)CC1. The lowest BCUT2D eigenvalue weighted by molar-refractivity contribution is -0.141. The monoisotopic (exact) mass is 425 g/mol. The molecule has 2 amide bonds. The van der Waals surface area contributed by atoms with Gasteiger partial charge in [-0.25, -0.2) is 12.8 Å². The van der Waals surface area contributed by atoms with Crippen LogP contribution in [0.25, 0.3) is 0 Å². The molecule has 0 aliphatic carbocycles. The molecule has 0 N–H and O–H groups in total. The Morgan fingerprint density at radius 2 is 1.66 bits per heavy atom. The fraction of sp³-hybridized carbons (Fsp3) is 0.600. The van der Waals surface area contributed by atoms with E-state index in [1.165, 1.54) is 16.4 Å². The van der Waals surface area contributed by atoms with Crippen LogP contribution >= 0.6 is 0 Å². The lowest BCUT2D eigenvalue weighted by Crippen LogP contribution is -2.55. The van der Waals surface area contributed by atoms with Crippen LogP contribution in [-0.4, -0.2) is 78.9 Å². The Kier molecular flexibility index (Phi) is 6.89. The molecule has 1 unspecified atom stereocenters. The van der Waals surface area contributed by atoms with Gasteiger partial charge in [-0.1, -0.05) is 19.1 Å². The summed E-state index contributed by atoms with van der Waals surface area (Å²) in [6, 6.07) is 5.24. The lowest BCUT2D eigenvalue weighted by Gasteiger charge is -2.37. The minimum atomic E-state index is -3.41. The molecule has 160 valence electrons. The zero-order valence-corrected chi connectivity index (χ0v) is 17.5. The number of piperazine rings is 1. The number of amides is 2. The molecule has 0 bridgehead atoms. The maximum absolute atomic E-state index is 13.0. The number of benzene rings is 1. The molecular formula is C20H28FN3O4S. The van der Waals surface area contributed by atoms with Crippen molar-refractivity contribution in [3.05, 3.63) is 35.6 Å². The summed E-state index contributed by atoms with van der Waals surface area (Å²) in [4.78, 5) is 28.8. The topological polar surface area (TPSA) is 78.0 Å². The van der Waals surface area contributed by atoms with E-state index in [9.17, 15) is 22.4 Å². The van der Waals surface area contributed by atoms with Gasteiger partial charge in [0.15, 0.2) is 0 Å². The van der Waals surface area contributed by atoms with Gasteiger partial charge in [-0.2, -0.15) is 4.31 Å². The Hall–Kier alpha value is -2.00. The van der Waals surface area contributed by atoms with Crippen molar-refractivity contribution in [1.82, 2.24) is 14.1 Å². The molecule has 1 aromatic carbocycles. The van der Waals surface area contributed by atoms with Crippen LogP contribution in [0.5, 0.6) is 0 Å². The second-order valence-electron chi connectivity index (χ2n) is 7.59.